The molecule has 0 atom stereocenters. The van der Waals surface area contributed by atoms with E-state index in [2.05, 4.69) is 10.6 Å². The molecule has 0 fully saturated rings. The fourth-order valence-electron chi connectivity index (χ4n) is 3.24. The lowest BCUT2D eigenvalue weighted by atomic mass is 10.1. The Morgan fingerprint density at radius 3 is 2.29 bits per heavy atom. The van der Waals surface area contributed by atoms with Crippen molar-refractivity contribution in [2.24, 2.45) is 0 Å². The highest BCUT2D eigenvalue weighted by atomic mass is 35.5. The van der Waals surface area contributed by atoms with Gasteiger partial charge in [0, 0.05) is 6.54 Å². The molecule has 0 aliphatic rings. The zero-order valence-corrected chi connectivity index (χ0v) is 20.6. The molecule has 3 aromatic rings. The van der Waals surface area contributed by atoms with Crippen molar-refractivity contribution < 1.29 is 18.0 Å². The van der Waals surface area contributed by atoms with Crippen molar-refractivity contribution in [1.82, 2.24) is 5.32 Å². The normalized spacial score (nSPS) is 11.0. The maximum absolute atomic E-state index is 12.8. The number of hydrogen-bond donors (Lipinski definition) is 2. The molecule has 7 nitrogen and oxygen atoms in total. The Morgan fingerprint density at radius 2 is 1.59 bits per heavy atom. The highest BCUT2D eigenvalue weighted by molar-refractivity contribution is 7.92. The van der Waals surface area contributed by atoms with Crippen LogP contribution in [0.5, 0.6) is 0 Å². The summed E-state index contributed by atoms with van der Waals surface area (Å²) in [5, 5.41) is 5.63. The first-order chi connectivity index (χ1) is 16.2. The number of carbonyl (C=O) groups is 2. The molecule has 0 aliphatic carbocycles. The first kappa shape index (κ1) is 25.6. The fourth-order valence-corrected chi connectivity index (χ4v) is 4.55. The summed E-state index contributed by atoms with van der Waals surface area (Å²) in [6.07, 6.45) is 1.62. The molecule has 178 valence electrons. The lowest BCUT2D eigenvalue weighted by Crippen LogP contribution is -2.38. The predicted octanol–water partition coefficient (Wildman–Crippen LogP) is 4.37. The van der Waals surface area contributed by atoms with E-state index in [1.54, 1.807) is 24.3 Å². The van der Waals surface area contributed by atoms with Crippen molar-refractivity contribution >= 4 is 56.4 Å². The topological polar surface area (TPSA) is 95.6 Å². The van der Waals surface area contributed by atoms with Gasteiger partial charge in [0.05, 0.1) is 33.2 Å². The highest BCUT2D eigenvalue weighted by Gasteiger charge is 2.24. The molecule has 3 aromatic carbocycles. The molecular weight excluding hydrogens is 497 g/mol. The van der Waals surface area contributed by atoms with Gasteiger partial charge in [0.25, 0.3) is 5.91 Å². The summed E-state index contributed by atoms with van der Waals surface area (Å²) in [7, 11) is -3.86. The van der Waals surface area contributed by atoms with Gasteiger partial charge in [-0.05, 0) is 36.2 Å². The van der Waals surface area contributed by atoms with E-state index in [0.717, 1.165) is 16.1 Å². The highest BCUT2D eigenvalue weighted by Crippen LogP contribution is 2.33. The summed E-state index contributed by atoms with van der Waals surface area (Å²) in [5.41, 5.74) is 1.69. The monoisotopic (exact) mass is 519 g/mol. The van der Waals surface area contributed by atoms with Gasteiger partial charge in [0.2, 0.25) is 15.9 Å². The van der Waals surface area contributed by atoms with Crippen molar-refractivity contribution in [2.75, 3.05) is 29.0 Å². The van der Waals surface area contributed by atoms with Gasteiger partial charge in [0.1, 0.15) is 6.54 Å². The van der Waals surface area contributed by atoms with Crippen molar-refractivity contribution in [1.29, 1.82) is 0 Å². The molecule has 2 N–H and O–H groups in total. The fraction of sp³-hybridized carbons (Fsp3) is 0.167. The zero-order valence-electron chi connectivity index (χ0n) is 18.3. The van der Waals surface area contributed by atoms with Gasteiger partial charge in [-0.25, -0.2) is 8.42 Å². The molecule has 10 heteroatoms. The van der Waals surface area contributed by atoms with Gasteiger partial charge >= 0.3 is 0 Å². The number of nitrogens with one attached hydrogen (secondary N) is 2. The van der Waals surface area contributed by atoms with E-state index >= 15 is 0 Å². The molecule has 0 aliphatic heterocycles. The zero-order chi connectivity index (χ0) is 24.7. The molecule has 0 bridgehead atoms. The number of anilines is 2. The van der Waals surface area contributed by atoms with Gasteiger partial charge in [-0.15, -0.1) is 0 Å². The Kier molecular flexibility index (Phi) is 8.55. The standard InChI is InChI=1S/C24H23Cl2N3O4S/c1-34(32,33)29(21-13-7-11-19(25)23(21)26)16-22(30)28-20-12-6-5-10-18(20)24(31)27-15-14-17-8-3-2-4-9-17/h2-13H,14-16H2,1H3,(H,27,31)(H,28,30). The van der Waals surface area contributed by atoms with Crippen LogP contribution in [0.4, 0.5) is 11.4 Å². The minimum absolute atomic E-state index is 0.0144. The largest absolute Gasteiger partial charge is 0.352 e. The van der Waals surface area contributed by atoms with Crippen LogP contribution in [-0.2, 0) is 21.2 Å². The SMILES string of the molecule is CS(=O)(=O)N(CC(=O)Nc1ccccc1C(=O)NCCc1ccccc1)c1cccc(Cl)c1Cl. The second kappa shape index (κ2) is 11.4. The Labute approximate surface area is 208 Å². The van der Waals surface area contributed by atoms with Crippen LogP contribution >= 0.6 is 23.2 Å². The molecular formula is C24H23Cl2N3O4S. The van der Waals surface area contributed by atoms with Gasteiger partial charge in [0.15, 0.2) is 0 Å². The van der Waals surface area contributed by atoms with Crippen molar-refractivity contribution in [3.05, 3.63) is 94.0 Å². The molecule has 3 rings (SSSR count). The lowest BCUT2D eigenvalue weighted by molar-refractivity contribution is -0.114. The van der Waals surface area contributed by atoms with Crippen LogP contribution in [0.25, 0.3) is 0 Å². The third-order valence-electron chi connectivity index (χ3n) is 4.88. The molecule has 0 radical (unpaired) electrons. The number of nitrogens with zero attached hydrogens (tertiary/aromatic N) is 1. The third-order valence-corrected chi connectivity index (χ3v) is 6.81. The Hall–Kier alpha value is -3.07. The number of para-hydroxylation sites is 1. The molecule has 2 amide bonds. The first-order valence-electron chi connectivity index (χ1n) is 10.3. The number of rotatable bonds is 9. The predicted molar refractivity (Wildman–Crippen MR) is 136 cm³/mol. The molecule has 0 spiro atoms. The minimum atomic E-state index is -3.86. The number of benzene rings is 3. The van der Waals surface area contributed by atoms with Crippen LogP contribution in [0.2, 0.25) is 10.0 Å². The number of halogens is 2. The van der Waals surface area contributed by atoms with Crippen LogP contribution in [-0.4, -0.2) is 39.6 Å². The Bertz CT molecular complexity index is 1280. The van der Waals surface area contributed by atoms with Crippen molar-refractivity contribution in [3.63, 3.8) is 0 Å². The van der Waals surface area contributed by atoms with Crippen LogP contribution in [0.3, 0.4) is 0 Å². The van der Waals surface area contributed by atoms with Gasteiger partial charge < -0.3 is 10.6 Å². The summed E-state index contributed by atoms with van der Waals surface area (Å²) < 4.78 is 25.6. The lowest BCUT2D eigenvalue weighted by Gasteiger charge is -2.23. The quantitative estimate of drug-likeness (QED) is 0.438. The van der Waals surface area contributed by atoms with E-state index in [4.69, 9.17) is 23.2 Å². The molecule has 0 saturated heterocycles. The summed E-state index contributed by atoms with van der Waals surface area (Å²) in [6, 6.07) is 20.7. The second-order valence-corrected chi connectivity index (χ2v) is 10.1. The maximum Gasteiger partial charge on any atom is 0.253 e. The summed E-state index contributed by atoms with van der Waals surface area (Å²) in [5.74, 6) is -1.00. The van der Waals surface area contributed by atoms with Crippen LogP contribution in [0, 0.1) is 0 Å². The molecule has 34 heavy (non-hydrogen) atoms. The summed E-state index contributed by atoms with van der Waals surface area (Å²) in [4.78, 5) is 25.5. The van der Waals surface area contributed by atoms with Crippen LogP contribution in [0.1, 0.15) is 15.9 Å². The van der Waals surface area contributed by atoms with Crippen molar-refractivity contribution in [2.45, 2.75) is 6.42 Å². The molecule has 0 unspecified atom stereocenters. The third kappa shape index (κ3) is 6.72. The van der Waals surface area contributed by atoms with E-state index in [1.165, 1.54) is 18.2 Å². The van der Waals surface area contributed by atoms with E-state index in [0.29, 0.717) is 13.0 Å². The summed E-state index contributed by atoms with van der Waals surface area (Å²) in [6.45, 7) is -0.136. The van der Waals surface area contributed by atoms with Gasteiger partial charge in [-0.1, -0.05) is 71.7 Å². The Balaban J connectivity index is 1.72. The van der Waals surface area contributed by atoms with Gasteiger partial charge in [-0.3, -0.25) is 13.9 Å². The number of hydrogen-bond acceptors (Lipinski definition) is 4. The number of sulfonamides is 1. The van der Waals surface area contributed by atoms with E-state index in [-0.39, 0.29) is 32.9 Å². The molecule has 0 heterocycles. The summed E-state index contributed by atoms with van der Waals surface area (Å²) >= 11 is 12.2. The average Bonchev–Trinajstić information content (AvgIpc) is 2.80. The Morgan fingerprint density at radius 1 is 0.912 bits per heavy atom. The number of carbonyl (C=O) groups excluding carboxylic acids is 2. The average molecular weight is 520 g/mol. The maximum atomic E-state index is 12.8. The van der Waals surface area contributed by atoms with E-state index in [1.807, 2.05) is 30.3 Å². The minimum Gasteiger partial charge on any atom is -0.352 e. The molecule has 0 saturated carbocycles. The smallest absolute Gasteiger partial charge is 0.253 e. The van der Waals surface area contributed by atoms with Gasteiger partial charge in [-0.2, -0.15) is 0 Å². The molecule has 0 aromatic heterocycles. The van der Waals surface area contributed by atoms with E-state index < -0.39 is 22.5 Å². The van der Waals surface area contributed by atoms with Crippen LogP contribution < -0.4 is 14.9 Å². The second-order valence-electron chi connectivity index (χ2n) is 7.43. The van der Waals surface area contributed by atoms with Crippen molar-refractivity contribution in [3.8, 4) is 0 Å². The van der Waals surface area contributed by atoms with Crippen LogP contribution in [0.15, 0.2) is 72.8 Å². The van der Waals surface area contributed by atoms with E-state index in [9.17, 15) is 18.0 Å². The number of amides is 2. The first-order valence-corrected chi connectivity index (χ1v) is 12.9.